The number of fused-ring (bicyclic) bond motifs is 1. The Labute approximate surface area is 138 Å². The van der Waals surface area contributed by atoms with Crippen LogP contribution >= 0.6 is 0 Å². The minimum atomic E-state index is 0.783. The number of hydrogen-bond donors (Lipinski definition) is 0. The van der Waals surface area contributed by atoms with Gasteiger partial charge in [-0.05, 0) is 57.0 Å². The number of benzene rings is 1. The lowest BCUT2D eigenvalue weighted by Gasteiger charge is -2.30. The number of carbonyl (C=O) groups excluding carboxylic acids is 1. The van der Waals surface area contributed by atoms with Crippen LogP contribution in [0.3, 0.4) is 0 Å². The first kappa shape index (κ1) is 16.1. The van der Waals surface area contributed by atoms with Crippen LogP contribution in [0.5, 0.6) is 5.75 Å². The van der Waals surface area contributed by atoms with Crippen LogP contribution in [0.25, 0.3) is 10.9 Å². The van der Waals surface area contributed by atoms with E-state index in [1.54, 1.807) is 7.11 Å². The fourth-order valence-electron chi connectivity index (χ4n) is 3.58. The van der Waals surface area contributed by atoms with Crippen LogP contribution < -0.4 is 4.74 Å². The quantitative estimate of drug-likeness (QED) is 0.792. The molecule has 0 amide bonds. The predicted octanol–water partition coefficient (Wildman–Crippen LogP) is 3.50. The zero-order valence-electron chi connectivity index (χ0n) is 14.3. The van der Waals surface area contributed by atoms with Gasteiger partial charge in [-0.2, -0.15) is 0 Å². The number of carbonyl (C=O) groups is 1. The molecule has 1 aromatic heterocycles. The molecule has 3 rings (SSSR count). The summed E-state index contributed by atoms with van der Waals surface area (Å²) >= 11 is 0. The summed E-state index contributed by atoms with van der Waals surface area (Å²) in [5, 5.41) is 0.990. The highest BCUT2D eigenvalue weighted by molar-refractivity contribution is 6.00. The first-order chi connectivity index (χ1) is 11.1. The first-order valence-corrected chi connectivity index (χ1v) is 8.48. The summed E-state index contributed by atoms with van der Waals surface area (Å²) in [5.74, 6) is 1.65. The van der Waals surface area contributed by atoms with E-state index in [4.69, 9.17) is 4.74 Å². The Morgan fingerprint density at radius 1 is 1.26 bits per heavy atom. The Morgan fingerprint density at radius 2 is 2.00 bits per heavy atom. The molecule has 0 N–H and O–H groups in total. The van der Waals surface area contributed by atoms with E-state index in [0.29, 0.717) is 0 Å². The van der Waals surface area contributed by atoms with Crippen molar-refractivity contribution in [1.82, 2.24) is 9.47 Å². The van der Waals surface area contributed by atoms with Crippen molar-refractivity contribution in [2.75, 3.05) is 26.7 Å². The Hall–Kier alpha value is -1.81. The van der Waals surface area contributed by atoms with Crippen molar-refractivity contribution in [2.24, 2.45) is 5.92 Å². The molecule has 0 atom stereocenters. The van der Waals surface area contributed by atoms with Gasteiger partial charge >= 0.3 is 0 Å². The highest BCUT2D eigenvalue weighted by atomic mass is 16.5. The highest BCUT2D eigenvalue weighted by Gasteiger charge is 2.18. The standard InChI is InChI=1S/C19H26N2O2/c1-14-6-8-20(9-7-14)10-11-21-15(2)18(13-22)17-12-16(23-3)4-5-19(17)21/h4-5,12-14H,6-11H2,1-3H3. The summed E-state index contributed by atoms with van der Waals surface area (Å²) in [6, 6.07) is 5.99. The van der Waals surface area contributed by atoms with Gasteiger partial charge in [0.15, 0.2) is 6.29 Å². The van der Waals surface area contributed by atoms with Crippen molar-refractivity contribution in [1.29, 1.82) is 0 Å². The number of ether oxygens (including phenoxy) is 1. The lowest BCUT2D eigenvalue weighted by molar-refractivity contribution is 0.112. The third-order valence-corrected chi connectivity index (χ3v) is 5.21. The maximum Gasteiger partial charge on any atom is 0.152 e. The van der Waals surface area contributed by atoms with Gasteiger partial charge in [0.25, 0.3) is 0 Å². The zero-order chi connectivity index (χ0) is 16.4. The molecule has 4 nitrogen and oxygen atoms in total. The lowest BCUT2D eigenvalue weighted by Crippen LogP contribution is -2.35. The van der Waals surface area contributed by atoms with Crippen LogP contribution in [0.4, 0.5) is 0 Å². The SMILES string of the molecule is COc1ccc2c(c1)c(C=O)c(C)n2CCN1CCC(C)CC1. The Bertz CT molecular complexity index is 697. The molecule has 0 aliphatic carbocycles. The lowest BCUT2D eigenvalue weighted by atomic mass is 9.99. The number of aromatic nitrogens is 1. The van der Waals surface area contributed by atoms with Gasteiger partial charge in [-0.3, -0.25) is 4.79 Å². The summed E-state index contributed by atoms with van der Waals surface area (Å²) in [6.07, 6.45) is 3.56. The molecular weight excluding hydrogens is 288 g/mol. The Kier molecular flexibility index (Phi) is 4.71. The van der Waals surface area contributed by atoms with Crippen LogP contribution in [-0.4, -0.2) is 42.5 Å². The average molecular weight is 314 g/mol. The van der Waals surface area contributed by atoms with E-state index in [-0.39, 0.29) is 0 Å². The molecule has 1 saturated heterocycles. The molecule has 4 heteroatoms. The monoisotopic (exact) mass is 314 g/mol. The van der Waals surface area contributed by atoms with Crippen LogP contribution in [0.1, 0.15) is 35.8 Å². The fraction of sp³-hybridized carbons (Fsp3) is 0.526. The van der Waals surface area contributed by atoms with E-state index in [9.17, 15) is 4.79 Å². The zero-order valence-corrected chi connectivity index (χ0v) is 14.3. The van der Waals surface area contributed by atoms with Crippen LogP contribution in [0.2, 0.25) is 0 Å². The molecule has 0 bridgehead atoms. The van der Waals surface area contributed by atoms with E-state index in [2.05, 4.69) is 22.5 Å². The molecule has 124 valence electrons. The van der Waals surface area contributed by atoms with E-state index < -0.39 is 0 Å². The Balaban J connectivity index is 1.85. The minimum absolute atomic E-state index is 0.783. The van der Waals surface area contributed by atoms with Gasteiger partial charge in [-0.1, -0.05) is 6.92 Å². The number of hydrogen-bond acceptors (Lipinski definition) is 3. The molecule has 1 aliphatic rings. The second-order valence-corrected chi connectivity index (χ2v) is 6.68. The molecule has 1 aliphatic heterocycles. The predicted molar refractivity (Wildman–Crippen MR) is 93.5 cm³/mol. The van der Waals surface area contributed by atoms with Crippen LogP contribution in [-0.2, 0) is 6.54 Å². The molecule has 1 fully saturated rings. The molecule has 1 aromatic carbocycles. The normalized spacial score (nSPS) is 16.8. The molecule has 0 spiro atoms. The molecule has 0 unspecified atom stereocenters. The van der Waals surface area contributed by atoms with Crippen LogP contribution in [0.15, 0.2) is 18.2 Å². The molecule has 23 heavy (non-hydrogen) atoms. The van der Waals surface area contributed by atoms with Gasteiger partial charge in [0.2, 0.25) is 0 Å². The third-order valence-electron chi connectivity index (χ3n) is 5.21. The minimum Gasteiger partial charge on any atom is -0.497 e. The van der Waals surface area contributed by atoms with Gasteiger partial charge in [0.05, 0.1) is 7.11 Å². The molecule has 0 saturated carbocycles. The third kappa shape index (κ3) is 3.13. The number of piperidine rings is 1. The first-order valence-electron chi connectivity index (χ1n) is 8.48. The fourth-order valence-corrected chi connectivity index (χ4v) is 3.58. The van der Waals surface area contributed by atoms with E-state index in [0.717, 1.165) is 53.2 Å². The topological polar surface area (TPSA) is 34.5 Å². The summed E-state index contributed by atoms with van der Waals surface area (Å²) in [5.41, 5.74) is 2.95. The molecule has 0 radical (unpaired) electrons. The number of methoxy groups -OCH3 is 1. The molecule has 2 heterocycles. The van der Waals surface area contributed by atoms with Crippen molar-refractivity contribution >= 4 is 17.2 Å². The van der Waals surface area contributed by atoms with Gasteiger partial charge in [0.1, 0.15) is 5.75 Å². The second-order valence-electron chi connectivity index (χ2n) is 6.68. The van der Waals surface area contributed by atoms with Crippen molar-refractivity contribution < 1.29 is 9.53 Å². The van der Waals surface area contributed by atoms with Gasteiger partial charge < -0.3 is 14.2 Å². The summed E-state index contributed by atoms with van der Waals surface area (Å²) < 4.78 is 7.58. The second kappa shape index (κ2) is 6.75. The smallest absolute Gasteiger partial charge is 0.152 e. The average Bonchev–Trinajstić information content (AvgIpc) is 2.84. The highest BCUT2D eigenvalue weighted by Crippen LogP contribution is 2.28. The van der Waals surface area contributed by atoms with E-state index in [1.807, 2.05) is 19.1 Å². The van der Waals surface area contributed by atoms with Crippen molar-refractivity contribution in [3.8, 4) is 5.75 Å². The van der Waals surface area contributed by atoms with E-state index >= 15 is 0 Å². The number of likely N-dealkylation sites (tertiary alicyclic amines) is 1. The van der Waals surface area contributed by atoms with Gasteiger partial charge in [-0.15, -0.1) is 0 Å². The summed E-state index contributed by atoms with van der Waals surface area (Å²) in [7, 11) is 1.66. The van der Waals surface area contributed by atoms with Gasteiger partial charge in [0, 0.05) is 35.2 Å². The van der Waals surface area contributed by atoms with Crippen LogP contribution in [0, 0.1) is 12.8 Å². The van der Waals surface area contributed by atoms with Crippen molar-refractivity contribution in [3.05, 3.63) is 29.5 Å². The maximum atomic E-state index is 11.5. The van der Waals surface area contributed by atoms with Crippen molar-refractivity contribution in [3.63, 3.8) is 0 Å². The number of rotatable bonds is 5. The largest absolute Gasteiger partial charge is 0.497 e. The molecule has 2 aromatic rings. The number of aldehydes is 1. The van der Waals surface area contributed by atoms with Crippen molar-refractivity contribution in [2.45, 2.75) is 33.2 Å². The van der Waals surface area contributed by atoms with E-state index in [1.165, 1.54) is 25.9 Å². The number of nitrogens with zero attached hydrogens (tertiary/aromatic N) is 2. The summed E-state index contributed by atoms with van der Waals surface area (Å²) in [4.78, 5) is 14.1. The molecular formula is C19H26N2O2. The maximum absolute atomic E-state index is 11.5. The Morgan fingerprint density at radius 3 is 2.65 bits per heavy atom. The summed E-state index contributed by atoms with van der Waals surface area (Å²) in [6.45, 7) is 8.72. The van der Waals surface area contributed by atoms with Gasteiger partial charge in [-0.25, -0.2) is 0 Å².